The van der Waals surface area contributed by atoms with E-state index in [0.29, 0.717) is 6.07 Å². The fourth-order valence-corrected chi connectivity index (χ4v) is 1.89. The first-order valence-corrected chi connectivity index (χ1v) is 4.98. The number of hydrogen-bond acceptors (Lipinski definition) is 2. The number of carboxylic acids is 1. The number of carboxylic acid groups (broad SMARTS) is 1. The summed E-state index contributed by atoms with van der Waals surface area (Å²) in [4.78, 5) is 23.3. The van der Waals surface area contributed by atoms with Crippen molar-refractivity contribution in [2.75, 3.05) is 13.1 Å². The van der Waals surface area contributed by atoms with Gasteiger partial charge in [0.1, 0.15) is 18.2 Å². The lowest BCUT2D eigenvalue weighted by molar-refractivity contribution is -0.137. The molecule has 6 heteroatoms. The first kappa shape index (κ1) is 11.5. The molecule has 4 nitrogen and oxygen atoms in total. The van der Waals surface area contributed by atoms with E-state index in [1.165, 1.54) is 0 Å². The van der Waals surface area contributed by atoms with Crippen LogP contribution in [0.4, 0.5) is 8.78 Å². The van der Waals surface area contributed by atoms with E-state index in [-0.39, 0.29) is 24.1 Å². The molecule has 1 aromatic rings. The van der Waals surface area contributed by atoms with Crippen LogP contribution in [0.5, 0.6) is 0 Å². The number of hydrogen-bond donors (Lipinski definition) is 1. The van der Waals surface area contributed by atoms with Crippen molar-refractivity contribution >= 4 is 11.9 Å². The minimum absolute atomic E-state index is 0.154. The van der Waals surface area contributed by atoms with Crippen molar-refractivity contribution in [1.82, 2.24) is 4.90 Å². The topological polar surface area (TPSA) is 57.6 Å². The van der Waals surface area contributed by atoms with E-state index in [0.717, 1.165) is 11.0 Å². The summed E-state index contributed by atoms with van der Waals surface area (Å²) >= 11 is 0. The summed E-state index contributed by atoms with van der Waals surface area (Å²) in [5.74, 6) is -3.55. The molecule has 0 unspecified atom stereocenters. The monoisotopic (exact) mass is 241 g/mol. The number of aliphatic carboxylic acids is 1. The van der Waals surface area contributed by atoms with Crippen molar-refractivity contribution in [3.05, 3.63) is 34.9 Å². The molecule has 90 valence electrons. The summed E-state index contributed by atoms with van der Waals surface area (Å²) < 4.78 is 26.4. The molecule has 1 aliphatic rings. The number of fused-ring (bicyclic) bond motifs is 1. The normalized spacial score (nSPS) is 14.7. The number of amides is 1. The molecule has 2 rings (SSSR count). The average molecular weight is 241 g/mol. The molecular weight excluding hydrogens is 232 g/mol. The molecule has 1 heterocycles. The zero-order chi connectivity index (χ0) is 12.6. The van der Waals surface area contributed by atoms with Crippen LogP contribution in [0.25, 0.3) is 0 Å². The molecule has 0 saturated heterocycles. The van der Waals surface area contributed by atoms with Crippen molar-refractivity contribution in [3.8, 4) is 0 Å². The fourth-order valence-electron chi connectivity index (χ4n) is 1.89. The molecule has 0 fully saturated rings. The van der Waals surface area contributed by atoms with Crippen LogP contribution in [-0.2, 0) is 11.2 Å². The van der Waals surface area contributed by atoms with Crippen LogP contribution < -0.4 is 0 Å². The van der Waals surface area contributed by atoms with Crippen molar-refractivity contribution in [2.24, 2.45) is 0 Å². The third-order valence-electron chi connectivity index (χ3n) is 2.61. The summed E-state index contributed by atoms with van der Waals surface area (Å²) in [6.45, 7) is -0.323. The number of halogens is 2. The minimum atomic E-state index is -1.16. The summed E-state index contributed by atoms with van der Waals surface area (Å²) in [7, 11) is 0. The molecule has 0 radical (unpaired) electrons. The molecule has 1 aliphatic heterocycles. The van der Waals surface area contributed by atoms with Gasteiger partial charge >= 0.3 is 5.97 Å². The van der Waals surface area contributed by atoms with Crippen molar-refractivity contribution in [3.63, 3.8) is 0 Å². The van der Waals surface area contributed by atoms with Crippen LogP contribution in [0.1, 0.15) is 15.9 Å². The van der Waals surface area contributed by atoms with Gasteiger partial charge in [0.05, 0.1) is 5.56 Å². The number of carbonyl (C=O) groups is 2. The second-order valence-corrected chi connectivity index (χ2v) is 3.79. The van der Waals surface area contributed by atoms with Gasteiger partial charge in [0, 0.05) is 12.6 Å². The Morgan fingerprint density at radius 1 is 1.41 bits per heavy atom. The lowest BCUT2D eigenvalue weighted by Crippen LogP contribution is -2.41. The lowest BCUT2D eigenvalue weighted by atomic mass is 9.98. The summed E-state index contributed by atoms with van der Waals surface area (Å²) in [6.07, 6.45) is 0.253. The Morgan fingerprint density at radius 2 is 2.12 bits per heavy atom. The summed E-state index contributed by atoms with van der Waals surface area (Å²) in [5.41, 5.74) is 0.0630. The Balaban J connectivity index is 2.38. The van der Waals surface area contributed by atoms with Gasteiger partial charge in [0.25, 0.3) is 5.91 Å². The van der Waals surface area contributed by atoms with Crippen LogP contribution in [0, 0.1) is 11.6 Å². The zero-order valence-electron chi connectivity index (χ0n) is 8.74. The van der Waals surface area contributed by atoms with Crippen LogP contribution in [0.2, 0.25) is 0 Å². The van der Waals surface area contributed by atoms with Crippen molar-refractivity contribution < 1.29 is 23.5 Å². The molecule has 1 amide bonds. The first-order valence-electron chi connectivity index (χ1n) is 4.98. The van der Waals surface area contributed by atoms with E-state index in [2.05, 4.69) is 0 Å². The Kier molecular flexibility index (Phi) is 2.79. The standard InChI is InChI=1S/C11H9F2NO3/c12-7-3-6-1-2-14(5-9(15)16)11(17)10(6)8(13)4-7/h3-4H,1-2,5H2,(H,15,16). The smallest absolute Gasteiger partial charge is 0.323 e. The number of nitrogens with zero attached hydrogens (tertiary/aromatic N) is 1. The molecule has 0 saturated carbocycles. The fraction of sp³-hybridized carbons (Fsp3) is 0.273. The third-order valence-corrected chi connectivity index (χ3v) is 2.61. The molecule has 0 spiro atoms. The molecule has 0 bridgehead atoms. The largest absolute Gasteiger partial charge is 0.480 e. The second-order valence-electron chi connectivity index (χ2n) is 3.79. The van der Waals surface area contributed by atoms with E-state index >= 15 is 0 Å². The maximum atomic E-state index is 13.5. The van der Waals surface area contributed by atoms with Gasteiger partial charge in [-0.2, -0.15) is 0 Å². The minimum Gasteiger partial charge on any atom is -0.480 e. The Labute approximate surface area is 95.5 Å². The highest BCUT2D eigenvalue weighted by Crippen LogP contribution is 2.23. The maximum Gasteiger partial charge on any atom is 0.323 e. The SMILES string of the molecule is O=C(O)CN1CCc2cc(F)cc(F)c2C1=O. The molecule has 0 atom stereocenters. The molecule has 0 aromatic heterocycles. The van der Waals surface area contributed by atoms with E-state index < -0.39 is 30.1 Å². The van der Waals surface area contributed by atoms with Gasteiger partial charge < -0.3 is 10.0 Å². The lowest BCUT2D eigenvalue weighted by Gasteiger charge is -2.27. The number of benzene rings is 1. The Hall–Kier alpha value is -1.98. The Morgan fingerprint density at radius 3 is 2.76 bits per heavy atom. The van der Waals surface area contributed by atoms with Crippen molar-refractivity contribution in [2.45, 2.75) is 6.42 Å². The maximum absolute atomic E-state index is 13.5. The predicted octanol–water partition coefficient (Wildman–Crippen LogP) is 1.05. The van der Waals surface area contributed by atoms with Gasteiger partial charge in [-0.15, -0.1) is 0 Å². The van der Waals surface area contributed by atoms with Gasteiger partial charge in [-0.3, -0.25) is 9.59 Å². The van der Waals surface area contributed by atoms with Gasteiger partial charge in [0.15, 0.2) is 0 Å². The van der Waals surface area contributed by atoms with E-state index in [4.69, 9.17) is 5.11 Å². The van der Waals surface area contributed by atoms with Crippen LogP contribution in [0.3, 0.4) is 0 Å². The average Bonchev–Trinajstić information content (AvgIpc) is 2.20. The zero-order valence-corrected chi connectivity index (χ0v) is 8.74. The Bertz CT molecular complexity index is 502. The highest BCUT2D eigenvalue weighted by Gasteiger charge is 2.29. The predicted molar refractivity (Wildman–Crippen MR) is 53.6 cm³/mol. The first-order chi connectivity index (χ1) is 7.99. The third kappa shape index (κ3) is 2.11. The van der Waals surface area contributed by atoms with Crippen LogP contribution >= 0.6 is 0 Å². The van der Waals surface area contributed by atoms with E-state index in [9.17, 15) is 18.4 Å². The molecule has 1 N–H and O–H groups in total. The highest BCUT2D eigenvalue weighted by molar-refractivity contribution is 5.98. The van der Waals surface area contributed by atoms with Crippen molar-refractivity contribution in [1.29, 1.82) is 0 Å². The van der Waals surface area contributed by atoms with Gasteiger partial charge in [-0.1, -0.05) is 0 Å². The van der Waals surface area contributed by atoms with Gasteiger partial charge in [-0.25, -0.2) is 8.78 Å². The van der Waals surface area contributed by atoms with Crippen LogP contribution in [-0.4, -0.2) is 35.0 Å². The molecular formula is C11H9F2NO3. The van der Waals surface area contributed by atoms with Gasteiger partial charge in [0.2, 0.25) is 0 Å². The number of carbonyl (C=O) groups excluding carboxylic acids is 1. The molecule has 1 aromatic carbocycles. The highest BCUT2D eigenvalue weighted by atomic mass is 19.1. The van der Waals surface area contributed by atoms with Gasteiger partial charge in [-0.05, 0) is 18.1 Å². The van der Waals surface area contributed by atoms with E-state index in [1.807, 2.05) is 0 Å². The second kappa shape index (κ2) is 4.12. The van der Waals surface area contributed by atoms with E-state index in [1.54, 1.807) is 0 Å². The molecule has 17 heavy (non-hydrogen) atoms. The van der Waals surface area contributed by atoms with Crippen LogP contribution in [0.15, 0.2) is 12.1 Å². The summed E-state index contributed by atoms with van der Waals surface area (Å²) in [5, 5.41) is 8.60. The molecule has 0 aliphatic carbocycles. The quantitative estimate of drug-likeness (QED) is 0.841. The summed E-state index contributed by atoms with van der Waals surface area (Å²) in [6, 6.07) is 1.73. The number of rotatable bonds is 2.